The fourth-order valence-electron chi connectivity index (χ4n) is 3.98. The molecule has 0 atom stereocenters. The van der Waals surface area contributed by atoms with Crippen molar-refractivity contribution < 1.29 is 9.59 Å². The van der Waals surface area contributed by atoms with Gasteiger partial charge in [-0.25, -0.2) is 14.8 Å². The standard InChI is InChI=1S/C20H30N4O2/c1-16-7-5-6-10-19(16)24(15-25)23-13-11-18(12-14-23)22-20(26)21-17-8-3-2-4-9-17/h5-7,10,15,17-18H,2-4,8-9,11-14H2,1H3,(H2,21,22,26). The second kappa shape index (κ2) is 9.03. The number of nitrogens with one attached hydrogen (secondary N) is 2. The van der Waals surface area contributed by atoms with E-state index in [-0.39, 0.29) is 12.1 Å². The largest absolute Gasteiger partial charge is 0.335 e. The first-order chi connectivity index (χ1) is 12.7. The van der Waals surface area contributed by atoms with Crippen molar-refractivity contribution in [1.29, 1.82) is 0 Å². The molecule has 2 fully saturated rings. The van der Waals surface area contributed by atoms with Crippen LogP contribution < -0.4 is 15.6 Å². The molecule has 0 unspecified atom stereocenters. The molecule has 0 bridgehead atoms. The van der Waals surface area contributed by atoms with Gasteiger partial charge in [0.05, 0.1) is 5.69 Å². The number of hydrogen-bond acceptors (Lipinski definition) is 3. The number of aryl methyl sites for hydroxylation is 1. The van der Waals surface area contributed by atoms with Gasteiger partial charge in [0.1, 0.15) is 0 Å². The summed E-state index contributed by atoms with van der Waals surface area (Å²) in [4.78, 5) is 23.9. The fraction of sp³-hybridized carbons (Fsp3) is 0.600. The van der Waals surface area contributed by atoms with Crippen molar-refractivity contribution in [2.75, 3.05) is 18.1 Å². The van der Waals surface area contributed by atoms with Gasteiger partial charge in [0.25, 0.3) is 0 Å². The van der Waals surface area contributed by atoms with E-state index in [9.17, 15) is 9.59 Å². The molecule has 3 amide bonds. The lowest BCUT2D eigenvalue weighted by atomic mass is 9.96. The van der Waals surface area contributed by atoms with Crippen LogP contribution in [0.3, 0.4) is 0 Å². The number of rotatable bonds is 5. The number of hydrazine groups is 1. The Kier molecular flexibility index (Phi) is 6.50. The van der Waals surface area contributed by atoms with Crippen LogP contribution in [-0.4, -0.2) is 42.6 Å². The second-order valence-electron chi connectivity index (χ2n) is 7.42. The molecule has 0 spiro atoms. The van der Waals surface area contributed by atoms with Gasteiger partial charge in [-0.15, -0.1) is 0 Å². The Morgan fingerprint density at radius 2 is 1.65 bits per heavy atom. The number of para-hydroxylation sites is 1. The van der Waals surface area contributed by atoms with Gasteiger partial charge >= 0.3 is 6.03 Å². The summed E-state index contributed by atoms with van der Waals surface area (Å²) in [6.45, 7) is 3.51. The Morgan fingerprint density at radius 3 is 2.27 bits per heavy atom. The summed E-state index contributed by atoms with van der Waals surface area (Å²) in [7, 11) is 0. The van der Waals surface area contributed by atoms with Crippen LogP contribution in [0.5, 0.6) is 0 Å². The molecule has 3 rings (SSSR count). The summed E-state index contributed by atoms with van der Waals surface area (Å²) < 4.78 is 0. The van der Waals surface area contributed by atoms with Gasteiger partial charge in [-0.3, -0.25) is 4.79 Å². The molecule has 6 nitrogen and oxygen atoms in total. The third kappa shape index (κ3) is 4.75. The number of nitrogens with zero attached hydrogens (tertiary/aromatic N) is 2. The summed E-state index contributed by atoms with van der Waals surface area (Å²) in [5.41, 5.74) is 2.00. The minimum Gasteiger partial charge on any atom is -0.335 e. The zero-order valence-electron chi connectivity index (χ0n) is 15.6. The number of hydrogen-bond donors (Lipinski definition) is 2. The molecule has 26 heavy (non-hydrogen) atoms. The first-order valence-corrected chi connectivity index (χ1v) is 9.79. The van der Waals surface area contributed by atoms with E-state index in [4.69, 9.17) is 0 Å². The molecule has 1 heterocycles. The predicted octanol–water partition coefficient (Wildman–Crippen LogP) is 2.97. The predicted molar refractivity (Wildman–Crippen MR) is 103 cm³/mol. The topological polar surface area (TPSA) is 64.7 Å². The highest BCUT2D eigenvalue weighted by Gasteiger charge is 2.26. The third-order valence-corrected chi connectivity index (χ3v) is 5.51. The van der Waals surface area contributed by atoms with Gasteiger partial charge < -0.3 is 10.6 Å². The maximum atomic E-state index is 12.2. The van der Waals surface area contributed by atoms with Gasteiger partial charge in [0.15, 0.2) is 0 Å². The van der Waals surface area contributed by atoms with E-state index in [0.717, 1.165) is 56.4 Å². The van der Waals surface area contributed by atoms with Crippen LogP contribution in [0, 0.1) is 6.92 Å². The molecule has 1 aliphatic heterocycles. The van der Waals surface area contributed by atoms with Crippen LogP contribution >= 0.6 is 0 Å². The van der Waals surface area contributed by atoms with E-state index >= 15 is 0 Å². The van der Waals surface area contributed by atoms with Crippen LogP contribution in [0.1, 0.15) is 50.5 Å². The molecule has 2 N–H and O–H groups in total. The lowest BCUT2D eigenvalue weighted by Crippen LogP contribution is -2.53. The number of benzene rings is 1. The fourth-order valence-corrected chi connectivity index (χ4v) is 3.98. The van der Waals surface area contributed by atoms with Crippen LogP contribution in [0.4, 0.5) is 10.5 Å². The minimum absolute atomic E-state index is 0.0403. The van der Waals surface area contributed by atoms with Gasteiger partial charge in [-0.1, -0.05) is 37.5 Å². The number of anilines is 1. The Bertz CT molecular complexity index is 608. The highest BCUT2D eigenvalue weighted by atomic mass is 16.2. The molecule has 2 aliphatic rings. The van der Waals surface area contributed by atoms with Gasteiger partial charge in [0, 0.05) is 25.2 Å². The van der Waals surface area contributed by atoms with Crippen molar-refractivity contribution in [2.24, 2.45) is 0 Å². The van der Waals surface area contributed by atoms with E-state index in [1.165, 1.54) is 19.3 Å². The molecule has 142 valence electrons. The summed E-state index contributed by atoms with van der Waals surface area (Å²) in [5.74, 6) is 0. The number of carbonyl (C=O) groups excluding carboxylic acids is 2. The SMILES string of the molecule is Cc1ccccc1N(C=O)N1CCC(NC(=O)NC2CCCCC2)CC1. The normalized spacial score (nSPS) is 19.7. The highest BCUT2D eigenvalue weighted by Crippen LogP contribution is 2.23. The van der Waals surface area contributed by atoms with E-state index in [0.29, 0.717) is 6.04 Å². The number of carbonyl (C=O) groups is 2. The van der Waals surface area contributed by atoms with Gasteiger partial charge in [0.2, 0.25) is 6.41 Å². The Morgan fingerprint density at radius 1 is 1.04 bits per heavy atom. The van der Waals surface area contributed by atoms with Gasteiger partial charge in [-0.05, 0) is 44.2 Å². The molecule has 6 heteroatoms. The average Bonchev–Trinajstić information content (AvgIpc) is 2.66. The Balaban J connectivity index is 1.48. The molecular weight excluding hydrogens is 328 g/mol. The van der Waals surface area contributed by atoms with E-state index in [1.54, 1.807) is 5.01 Å². The molecule has 0 aromatic heterocycles. The van der Waals surface area contributed by atoms with Crippen LogP contribution in [-0.2, 0) is 4.79 Å². The summed E-state index contributed by atoms with van der Waals surface area (Å²) >= 11 is 0. The van der Waals surface area contributed by atoms with Crippen LogP contribution in [0.25, 0.3) is 0 Å². The summed E-state index contributed by atoms with van der Waals surface area (Å²) in [6, 6.07) is 8.35. The second-order valence-corrected chi connectivity index (χ2v) is 7.42. The molecule has 1 aromatic carbocycles. The van der Waals surface area contributed by atoms with Crippen LogP contribution in [0.15, 0.2) is 24.3 Å². The van der Waals surface area contributed by atoms with E-state index in [1.807, 2.05) is 31.2 Å². The van der Waals surface area contributed by atoms with Crippen molar-refractivity contribution in [1.82, 2.24) is 15.6 Å². The molecule has 1 saturated carbocycles. The molecular formula is C20H30N4O2. The quantitative estimate of drug-likeness (QED) is 0.796. The minimum atomic E-state index is -0.0403. The molecule has 1 aliphatic carbocycles. The van der Waals surface area contributed by atoms with E-state index < -0.39 is 0 Å². The first kappa shape index (κ1) is 18.7. The Hall–Kier alpha value is -2.08. The number of amides is 3. The first-order valence-electron chi connectivity index (χ1n) is 9.79. The van der Waals surface area contributed by atoms with Crippen molar-refractivity contribution in [3.63, 3.8) is 0 Å². The average molecular weight is 358 g/mol. The Labute approximate surface area is 155 Å². The van der Waals surface area contributed by atoms with Gasteiger partial charge in [-0.2, -0.15) is 0 Å². The lowest BCUT2D eigenvalue weighted by Gasteiger charge is -2.38. The summed E-state index contributed by atoms with van der Waals surface area (Å²) in [5, 5.41) is 9.99. The van der Waals surface area contributed by atoms with Crippen molar-refractivity contribution in [3.05, 3.63) is 29.8 Å². The third-order valence-electron chi connectivity index (χ3n) is 5.51. The zero-order chi connectivity index (χ0) is 18.4. The molecule has 1 aromatic rings. The smallest absolute Gasteiger partial charge is 0.315 e. The van der Waals surface area contributed by atoms with Crippen LogP contribution in [0.2, 0.25) is 0 Å². The monoisotopic (exact) mass is 358 g/mol. The van der Waals surface area contributed by atoms with E-state index in [2.05, 4.69) is 15.6 Å². The molecule has 0 radical (unpaired) electrons. The number of piperidine rings is 1. The lowest BCUT2D eigenvalue weighted by molar-refractivity contribution is -0.110. The zero-order valence-corrected chi connectivity index (χ0v) is 15.6. The maximum Gasteiger partial charge on any atom is 0.315 e. The van der Waals surface area contributed by atoms with Crippen molar-refractivity contribution in [2.45, 2.75) is 64.0 Å². The van der Waals surface area contributed by atoms with Crippen molar-refractivity contribution in [3.8, 4) is 0 Å². The highest BCUT2D eigenvalue weighted by molar-refractivity contribution is 5.76. The molecule has 1 saturated heterocycles. The number of urea groups is 1. The maximum absolute atomic E-state index is 12.2. The summed E-state index contributed by atoms with van der Waals surface area (Å²) in [6.07, 6.45) is 8.46. The van der Waals surface area contributed by atoms with Crippen molar-refractivity contribution >= 4 is 18.1 Å².